The van der Waals surface area contributed by atoms with E-state index in [2.05, 4.69) is 5.32 Å². The lowest BCUT2D eigenvalue weighted by atomic mass is 9.96. The summed E-state index contributed by atoms with van der Waals surface area (Å²) in [5.41, 5.74) is 6.95. The third kappa shape index (κ3) is 4.88. The van der Waals surface area contributed by atoms with Crippen molar-refractivity contribution >= 4 is 17.4 Å². The second kappa shape index (κ2) is 8.71. The van der Waals surface area contributed by atoms with Gasteiger partial charge in [-0.05, 0) is 41.2 Å². The van der Waals surface area contributed by atoms with Gasteiger partial charge in [0.25, 0.3) is 0 Å². The first-order chi connectivity index (χ1) is 14.2. The van der Waals surface area contributed by atoms with E-state index in [9.17, 15) is 27.9 Å². The fourth-order valence-corrected chi connectivity index (χ4v) is 3.56. The maximum atomic E-state index is 13.2. The van der Waals surface area contributed by atoms with Crippen LogP contribution in [0.1, 0.15) is 28.7 Å². The third-order valence-electron chi connectivity index (χ3n) is 5.05. The molecule has 158 valence electrons. The van der Waals surface area contributed by atoms with Gasteiger partial charge >= 0.3 is 12.1 Å². The Labute approximate surface area is 171 Å². The average Bonchev–Trinajstić information content (AvgIpc) is 3.10. The summed E-state index contributed by atoms with van der Waals surface area (Å²) in [6.45, 7) is 0. The highest BCUT2D eigenvalue weighted by molar-refractivity contribution is 5.89. The van der Waals surface area contributed by atoms with Crippen molar-refractivity contribution in [3.05, 3.63) is 76.9 Å². The fraction of sp³-hybridized carbons (Fsp3) is 0.273. The highest BCUT2D eigenvalue weighted by Crippen LogP contribution is 2.39. The molecule has 1 aliphatic carbocycles. The van der Waals surface area contributed by atoms with Crippen LogP contribution in [0.3, 0.4) is 0 Å². The minimum Gasteiger partial charge on any atom is -0.480 e. The zero-order valence-corrected chi connectivity index (χ0v) is 15.9. The van der Waals surface area contributed by atoms with E-state index < -0.39 is 35.7 Å². The molecular weight excluding hydrogens is 397 g/mol. The molecule has 3 rings (SSSR count). The van der Waals surface area contributed by atoms with E-state index in [-0.39, 0.29) is 24.8 Å². The molecule has 2 atom stereocenters. The molecule has 0 aromatic heterocycles. The Balaban J connectivity index is 1.71. The number of carbonyl (C=O) groups excluding carboxylic acids is 1. The zero-order valence-electron chi connectivity index (χ0n) is 15.9. The van der Waals surface area contributed by atoms with Gasteiger partial charge in [0.15, 0.2) is 0 Å². The van der Waals surface area contributed by atoms with Crippen LogP contribution in [-0.2, 0) is 28.6 Å². The predicted molar refractivity (Wildman–Crippen MR) is 105 cm³/mol. The van der Waals surface area contributed by atoms with Crippen molar-refractivity contribution in [3.8, 4) is 0 Å². The summed E-state index contributed by atoms with van der Waals surface area (Å²) < 4.78 is 39.6. The smallest absolute Gasteiger partial charge is 0.416 e. The van der Waals surface area contributed by atoms with Crippen LogP contribution in [0, 0.1) is 0 Å². The van der Waals surface area contributed by atoms with E-state index in [4.69, 9.17) is 5.73 Å². The van der Waals surface area contributed by atoms with Crippen molar-refractivity contribution in [3.63, 3.8) is 0 Å². The van der Waals surface area contributed by atoms with Crippen LogP contribution in [-0.4, -0.2) is 29.1 Å². The number of rotatable bonds is 7. The first-order valence-corrected chi connectivity index (χ1v) is 9.38. The lowest BCUT2D eigenvalue weighted by molar-refractivity contribution is -0.141. The van der Waals surface area contributed by atoms with Crippen LogP contribution in [0.2, 0.25) is 0 Å². The van der Waals surface area contributed by atoms with Gasteiger partial charge in [0.05, 0.1) is 11.6 Å². The van der Waals surface area contributed by atoms with Crippen molar-refractivity contribution in [1.82, 2.24) is 5.32 Å². The molecule has 0 aliphatic heterocycles. The minimum absolute atomic E-state index is 0.0636. The molecule has 30 heavy (non-hydrogen) atoms. The highest BCUT2D eigenvalue weighted by atomic mass is 19.4. The Hall–Kier alpha value is -3.13. The third-order valence-corrected chi connectivity index (χ3v) is 5.05. The highest BCUT2D eigenvalue weighted by Gasteiger charge is 2.36. The van der Waals surface area contributed by atoms with Crippen LogP contribution >= 0.6 is 0 Å². The number of allylic oxidation sites excluding steroid dienone is 1. The predicted octanol–water partition coefficient (Wildman–Crippen LogP) is 3.17. The summed E-state index contributed by atoms with van der Waals surface area (Å²) >= 11 is 0. The monoisotopic (exact) mass is 418 g/mol. The molecule has 5 nitrogen and oxygen atoms in total. The summed E-state index contributed by atoms with van der Waals surface area (Å²) in [5, 5.41) is 11.9. The molecule has 0 spiro atoms. The van der Waals surface area contributed by atoms with Crippen LogP contribution in [0.15, 0.2) is 54.6 Å². The van der Waals surface area contributed by atoms with Gasteiger partial charge < -0.3 is 16.2 Å². The standard InChI is InChI=1S/C22H21F3N2O3/c23-22(24,25)17-8-4-7-15-14(9-10-16(15)17)12-19(21(29)30)27-20(28)18(26)11-13-5-2-1-3-6-13/h1-9,18-19H,10-12,26H2,(H,27,28)(H,29,30)/t18-,19-/m0/s1. The van der Waals surface area contributed by atoms with Crippen molar-refractivity contribution in [1.29, 1.82) is 0 Å². The van der Waals surface area contributed by atoms with Crippen molar-refractivity contribution in [2.45, 2.75) is 37.5 Å². The molecule has 2 aromatic carbocycles. The lowest BCUT2D eigenvalue weighted by Gasteiger charge is -2.19. The van der Waals surface area contributed by atoms with Crippen molar-refractivity contribution < 1.29 is 27.9 Å². The van der Waals surface area contributed by atoms with E-state index in [1.54, 1.807) is 30.3 Å². The number of alkyl halides is 3. The molecular formula is C22H21F3N2O3. The average molecular weight is 418 g/mol. The maximum Gasteiger partial charge on any atom is 0.416 e. The first-order valence-electron chi connectivity index (χ1n) is 9.38. The van der Waals surface area contributed by atoms with Crippen LogP contribution in [0.5, 0.6) is 0 Å². The largest absolute Gasteiger partial charge is 0.480 e. The molecule has 0 saturated carbocycles. The summed E-state index contributed by atoms with van der Waals surface area (Å²) in [6, 6.07) is 10.6. The molecule has 0 radical (unpaired) electrons. The molecule has 1 aliphatic rings. The van der Waals surface area contributed by atoms with E-state index in [0.717, 1.165) is 11.6 Å². The lowest BCUT2D eigenvalue weighted by Crippen LogP contribution is -2.49. The van der Waals surface area contributed by atoms with Gasteiger partial charge in [-0.15, -0.1) is 0 Å². The van der Waals surface area contributed by atoms with E-state index >= 15 is 0 Å². The van der Waals surface area contributed by atoms with Gasteiger partial charge in [-0.3, -0.25) is 4.79 Å². The number of carboxylic acid groups (broad SMARTS) is 1. The SMILES string of the molecule is N[C@@H](Cc1ccccc1)C(=O)N[C@@H](CC1=CCc2c1cccc2C(F)(F)F)C(=O)O. The molecule has 1 amide bonds. The van der Waals surface area contributed by atoms with Gasteiger partial charge in [0, 0.05) is 6.42 Å². The Bertz CT molecular complexity index is 971. The second-order valence-electron chi connectivity index (χ2n) is 7.16. The first kappa shape index (κ1) is 21.6. The number of halogens is 3. The summed E-state index contributed by atoms with van der Waals surface area (Å²) in [7, 11) is 0. The molecule has 2 aromatic rings. The van der Waals surface area contributed by atoms with Gasteiger partial charge in [0.2, 0.25) is 5.91 Å². The second-order valence-corrected chi connectivity index (χ2v) is 7.16. The molecule has 0 unspecified atom stereocenters. The number of nitrogens with one attached hydrogen (secondary N) is 1. The number of fused-ring (bicyclic) bond motifs is 1. The number of hydrogen-bond donors (Lipinski definition) is 3. The Morgan fingerprint density at radius 2 is 1.77 bits per heavy atom. The summed E-state index contributed by atoms with van der Waals surface area (Å²) in [6.07, 6.45) is -2.74. The van der Waals surface area contributed by atoms with E-state index in [1.165, 1.54) is 12.1 Å². The quantitative estimate of drug-likeness (QED) is 0.644. The number of carbonyl (C=O) groups is 2. The molecule has 0 bridgehead atoms. The fourth-order valence-electron chi connectivity index (χ4n) is 3.56. The number of carboxylic acids is 1. The number of nitrogens with two attached hydrogens (primary N) is 1. The zero-order chi connectivity index (χ0) is 21.9. The summed E-state index contributed by atoms with van der Waals surface area (Å²) in [4.78, 5) is 24.1. The van der Waals surface area contributed by atoms with E-state index in [1.807, 2.05) is 6.07 Å². The number of hydrogen-bond acceptors (Lipinski definition) is 3. The Kier molecular flexibility index (Phi) is 6.26. The van der Waals surface area contributed by atoms with Gasteiger partial charge in [-0.25, -0.2) is 4.79 Å². The Morgan fingerprint density at radius 3 is 2.40 bits per heavy atom. The van der Waals surface area contributed by atoms with Crippen LogP contribution < -0.4 is 11.1 Å². The molecule has 0 heterocycles. The number of aliphatic carboxylic acids is 1. The summed E-state index contributed by atoms with van der Waals surface area (Å²) in [5.74, 6) is -1.91. The molecule has 8 heteroatoms. The van der Waals surface area contributed by atoms with E-state index in [0.29, 0.717) is 11.1 Å². The van der Waals surface area contributed by atoms with Crippen LogP contribution in [0.25, 0.3) is 5.57 Å². The van der Waals surface area contributed by atoms with Crippen molar-refractivity contribution in [2.75, 3.05) is 0 Å². The van der Waals surface area contributed by atoms with Crippen molar-refractivity contribution in [2.24, 2.45) is 5.73 Å². The molecule has 0 fully saturated rings. The number of amides is 1. The minimum atomic E-state index is -4.49. The normalized spacial score (nSPS) is 15.1. The van der Waals surface area contributed by atoms with Gasteiger partial charge in [-0.1, -0.05) is 48.5 Å². The maximum absolute atomic E-state index is 13.2. The number of benzene rings is 2. The molecule has 0 saturated heterocycles. The Morgan fingerprint density at radius 1 is 1.07 bits per heavy atom. The van der Waals surface area contributed by atoms with Gasteiger partial charge in [0.1, 0.15) is 6.04 Å². The topological polar surface area (TPSA) is 92.4 Å². The van der Waals surface area contributed by atoms with Gasteiger partial charge in [-0.2, -0.15) is 13.2 Å². The molecule has 4 N–H and O–H groups in total. The van der Waals surface area contributed by atoms with Crippen LogP contribution in [0.4, 0.5) is 13.2 Å².